The van der Waals surface area contributed by atoms with Gasteiger partial charge in [-0.2, -0.15) is 0 Å². The molecule has 0 radical (unpaired) electrons. The molecule has 3 unspecified atom stereocenters. The van der Waals surface area contributed by atoms with Crippen LogP contribution in [-0.4, -0.2) is 17.2 Å². The van der Waals surface area contributed by atoms with E-state index in [2.05, 4.69) is 55.4 Å². The monoisotopic (exact) mass is 446 g/mol. The van der Waals surface area contributed by atoms with E-state index < -0.39 is 5.97 Å². The molecule has 1 aromatic carbocycles. The first-order valence-electron chi connectivity index (χ1n) is 12.9. The molecule has 0 fully saturated rings. The van der Waals surface area contributed by atoms with E-state index in [-0.39, 0.29) is 40.1 Å². The Bertz CT molecular complexity index is 666. The van der Waals surface area contributed by atoms with E-state index in [0.29, 0.717) is 0 Å². The summed E-state index contributed by atoms with van der Waals surface area (Å²) in [7, 11) is 0. The van der Waals surface area contributed by atoms with Gasteiger partial charge in [0.05, 0.1) is 0 Å². The molecule has 1 aromatic rings. The molecule has 1 N–H and O–H groups in total. The minimum Gasteiger partial charge on any atom is -0.507 e. The third kappa shape index (κ3) is 9.16. The maximum absolute atomic E-state index is 13.1. The fraction of sp³-hybridized carbons (Fsp3) is 0.759. The smallest absolute Gasteiger partial charge is 0.342 e. The first-order valence-corrected chi connectivity index (χ1v) is 12.9. The van der Waals surface area contributed by atoms with Crippen LogP contribution in [0, 0.1) is 22.7 Å². The number of phenolic OH excluding ortho intramolecular Hbond substituents is 1. The highest BCUT2D eigenvalue weighted by Gasteiger charge is 2.43. The van der Waals surface area contributed by atoms with Gasteiger partial charge in [-0.3, -0.25) is 0 Å². The summed E-state index contributed by atoms with van der Waals surface area (Å²) in [5.74, 6) is 0.0762. The highest BCUT2D eigenvalue weighted by Crippen LogP contribution is 2.44. The molecule has 0 amide bonds. The van der Waals surface area contributed by atoms with E-state index in [0.717, 1.165) is 12.8 Å². The molecule has 0 saturated heterocycles. The highest BCUT2D eigenvalue weighted by molar-refractivity contribution is 5.92. The van der Waals surface area contributed by atoms with Crippen LogP contribution in [0.5, 0.6) is 5.75 Å². The standard InChI is InChI=1S/C29H50O3/c1-9-11-12-13-14-15-16-20-24(29(6,7)8)26(23(10-2)28(3,4)5)32-27(31)22-19-17-18-21-25(22)30/h17-19,21,23-24,26,30H,9-16,20H2,1-8H3. The maximum Gasteiger partial charge on any atom is 0.342 e. The van der Waals surface area contributed by atoms with Gasteiger partial charge >= 0.3 is 5.97 Å². The van der Waals surface area contributed by atoms with Crippen LogP contribution in [-0.2, 0) is 4.74 Å². The lowest BCUT2D eigenvalue weighted by molar-refractivity contribution is -0.0622. The van der Waals surface area contributed by atoms with Crippen molar-refractivity contribution < 1.29 is 14.6 Å². The number of rotatable bonds is 13. The van der Waals surface area contributed by atoms with Crippen LogP contribution in [0.15, 0.2) is 24.3 Å². The lowest BCUT2D eigenvalue weighted by Crippen LogP contribution is -2.45. The molecule has 3 nitrogen and oxygen atoms in total. The quantitative estimate of drug-likeness (QED) is 0.243. The Morgan fingerprint density at radius 3 is 1.88 bits per heavy atom. The summed E-state index contributed by atoms with van der Waals surface area (Å²) in [5, 5.41) is 10.2. The Morgan fingerprint density at radius 1 is 0.844 bits per heavy atom. The van der Waals surface area contributed by atoms with Gasteiger partial charge in [0.1, 0.15) is 17.4 Å². The number of esters is 1. The van der Waals surface area contributed by atoms with Gasteiger partial charge in [-0.05, 0) is 35.8 Å². The number of benzene rings is 1. The second-order valence-corrected chi connectivity index (χ2v) is 11.7. The molecule has 0 aliphatic carbocycles. The number of carbonyl (C=O) groups excluding carboxylic acids is 1. The predicted octanol–water partition coefficient (Wildman–Crippen LogP) is 8.79. The zero-order valence-corrected chi connectivity index (χ0v) is 22.2. The first kappa shape index (κ1) is 28.5. The van der Waals surface area contributed by atoms with E-state index in [4.69, 9.17) is 4.74 Å². The number of aromatic hydroxyl groups is 1. The molecule has 0 aliphatic heterocycles. The van der Waals surface area contributed by atoms with E-state index >= 15 is 0 Å². The number of unbranched alkanes of at least 4 members (excludes halogenated alkanes) is 6. The molecule has 3 atom stereocenters. The Kier molecular flexibility index (Phi) is 11.8. The molecule has 0 aliphatic rings. The maximum atomic E-state index is 13.1. The minimum atomic E-state index is -0.412. The van der Waals surface area contributed by atoms with Crippen molar-refractivity contribution in [1.29, 1.82) is 0 Å². The van der Waals surface area contributed by atoms with Gasteiger partial charge in [0.25, 0.3) is 0 Å². The molecule has 0 heterocycles. The Morgan fingerprint density at radius 2 is 1.38 bits per heavy atom. The van der Waals surface area contributed by atoms with Gasteiger partial charge in [0, 0.05) is 11.8 Å². The van der Waals surface area contributed by atoms with Crippen molar-refractivity contribution in [1.82, 2.24) is 0 Å². The van der Waals surface area contributed by atoms with Crippen LogP contribution in [0.1, 0.15) is 124 Å². The van der Waals surface area contributed by atoms with Crippen molar-refractivity contribution in [3.8, 4) is 5.75 Å². The van der Waals surface area contributed by atoms with Gasteiger partial charge in [-0.1, -0.05) is 112 Å². The van der Waals surface area contributed by atoms with Gasteiger partial charge in [0.15, 0.2) is 0 Å². The molecular formula is C29H50O3. The Balaban J connectivity index is 3.08. The number of para-hydroxylation sites is 1. The molecule has 184 valence electrons. The lowest BCUT2D eigenvalue weighted by Gasteiger charge is -2.44. The number of phenols is 1. The average Bonchev–Trinajstić information content (AvgIpc) is 2.68. The zero-order valence-electron chi connectivity index (χ0n) is 22.2. The van der Waals surface area contributed by atoms with E-state index in [1.54, 1.807) is 24.3 Å². The summed E-state index contributed by atoms with van der Waals surface area (Å²) in [6, 6.07) is 6.69. The summed E-state index contributed by atoms with van der Waals surface area (Å²) in [6.45, 7) is 18.0. The summed E-state index contributed by atoms with van der Waals surface area (Å²) in [5.41, 5.74) is 0.289. The van der Waals surface area contributed by atoms with E-state index in [1.165, 1.54) is 44.9 Å². The normalized spacial score (nSPS) is 15.2. The van der Waals surface area contributed by atoms with Crippen LogP contribution in [0.3, 0.4) is 0 Å². The van der Waals surface area contributed by atoms with Gasteiger partial charge in [-0.25, -0.2) is 4.79 Å². The third-order valence-electron chi connectivity index (χ3n) is 6.94. The summed E-state index contributed by atoms with van der Waals surface area (Å²) in [6.07, 6.45) is 10.8. The SMILES string of the molecule is CCCCCCCCCC(C(OC(=O)c1ccccc1O)C(CC)C(C)(C)C)C(C)(C)C. The highest BCUT2D eigenvalue weighted by atomic mass is 16.5. The van der Waals surface area contributed by atoms with Crippen LogP contribution in [0.25, 0.3) is 0 Å². The number of hydrogen-bond acceptors (Lipinski definition) is 3. The topological polar surface area (TPSA) is 46.5 Å². The summed E-state index contributed by atoms with van der Waals surface area (Å²) < 4.78 is 6.30. The van der Waals surface area contributed by atoms with Gasteiger partial charge < -0.3 is 9.84 Å². The summed E-state index contributed by atoms with van der Waals surface area (Å²) >= 11 is 0. The van der Waals surface area contributed by atoms with Crippen molar-refractivity contribution in [2.24, 2.45) is 22.7 Å². The molecule has 0 bridgehead atoms. The van der Waals surface area contributed by atoms with Crippen molar-refractivity contribution in [2.75, 3.05) is 0 Å². The first-order chi connectivity index (χ1) is 14.9. The molecule has 3 heteroatoms. The van der Waals surface area contributed by atoms with Crippen LogP contribution < -0.4 is 0 Å². The van der Waals surface area contributed by atoms with Crippen molar-refractivity contribution in [3.05, 3.63) is 29.8 Å². The van der Waals surface area contributed by atoms with E-state index in [9.17, 15) is 9.90 Å². The van der Waals surface area contributed by atoms with Gasteiger partial charge in [-0.15, -0.1) is 0 Å². The molecule has 1 rings (SSSR count). The molecule has 0 spiro atoms. The third-order valence-corrected chi connectivity index (χ3v) is 6.94. The second kappa shape index (κ2) is 13.3. The van der Waals surface area contributed by atoms with Crippen LogP contribution in [0.4, 0.5) is 0 Å². The number of carbonyl (C=O) groups is 1. The lowest BCUT2D eigenvalue weighted by atomic mass is 9.65. The largest absolute Gasteiger partial charge is 0.507 e. The van der Waals surface area contributed by atoms with Crippen molar-refractivity contribution in [3.63, 3.8) is 0 Å². The van der Waals surface area contributed by atoms with Crippen LogP contribution in [0.2, 0.25) is 0 Å². The number of ether oxygens (including phenoxy) is 1. The Hall–Kier alpha value is -1.51. The van der Waals surface area contributed by atoms with Gasteiger partial charge in [0.2, 0.25) is 0 Å². The number of hydrogen-bond donors (Lipinski definition) is 1. The van der Waals surface area contributed by atoms with E-state index in [1.807, 2.05) is 0 Å². The second-order valence-electron chi connectivity index (χ2n) is 11.7. The predicted molar refractivity (Wildman–Crippen MR) is 136 cm³/mol. The molecule has 32 heavy (non-hydrogen) atoms. The molecule has 0 aromatic heterocycles. The van der Waals surface area contributed by atoms with Crippen molar-refractivity contribution >= 4 is 5.97 Å². The molecule has 0 saturated carbocycles. The van der Waals surface area contributed by atoms with Crippen LogP contribution >= 0.6 is 0 Å². The average molecular weight is 447 g/mol. The fourth-order valence-electron chi connectivity index (χ4n) is 5.03. The van der Waals surface area contributed by atoms with Crippen molar-refractivity contribution in [2.45, 2.75) is 119 Å². The zero-order chi connectivity index (χ0) is 24.4. The Labute approximate surface area is 198 Å². The summed E-state index contributed by atoms with van der Waals surface area (Å²) in [4.78, 5) is 13.1. The molecular weight excluding hydrogens is 396 g/mol. The minimum absolute atomic E-state index is 0.0144. The fourth-order valence-corrected chi connectivity index (χ4v) is 5.03.